The van der Waals surface area contributed by atoms with Crippen molar-refractivity contribution in [3.63, 3.8) is 0 Å². The molecule has 1 N–H and O–H groups in total. The molecule has 3 aromatic carbocycles. The van der Waals surface area contributed by atoms with Crippen LogP contribution in [0.15, 0.2) is 72.8 Å². The fraction of sp³-hybridized carbons (Fsp3) is 0.172. The molecule has 1 atom stereocenters. The zero-order valence-electron chi connectivity index (χ0n) is 20.1. The summed E-state index contributed by atoms with van der Waals surface area (Å²) in [5, 5.41) is 11.2. The van der Waals surface area contributed by atoms with E-state index in [1.807, 2.05) is 73.7 Å². The Morgan fingerprint density at radius 3 is 2.68 bits per heavy atom. The first-order valence-corrected chi connectivity index (χ1v) is 12.0. The summed E-state index contributed by atoms with van der Waals surface area (Å²) in [5.41, 5.74) is 3.31. The maximum atomic E-state index is 12.5. The molecule has 0 amide bonds. The molecule has 0 aliphatic carbocycles. The second kappa shape index (κ2) is 12.3. The first kappa shape index (κ1) is 26.1. The minimum Gasteiger partial charge on any atom is -0.490 e. The van der Waals surface area contributed by atoms with Gasteiger partial charge in [-0.1, -0.05) is 48.0 Å². The summed E-state index contributed by atoms with van der Waals surface area (Å²) in [6.45, 7) is 1.34. The highest BCUT2D eigenvalue weighted by molar-refractivity contribution is 6.31. The molecule has 0 fully saturated rings. The van der Waals surface area contributed by atoms with E-state index >= 15 is 0 Å². The van der Waals surface area contributed by atoms with Gasteiger partial charge in [0.25, 0.3) is 0 Å². The number of nitrogens with zero attached hydrogens (tertiary/aromatic N) is 1. The number of alkyl halides is 1. The topological polar surface area (TPSA) is 77.9 Å². The Labute approximate surface area is 218 Å². The van der Waals surface area contributed by atoms with Gasteiger partial charge in [-0.05, 0) is 66.6 Å². The van der Waals surface area contributed by atoms with Crippen molar-refractivity contribution in [1.29, 1.82) is 0 Å². The number of carboxylic acids is 1. The molecule has 0 bridgehead atoms. The molecule has 0 spiro atoms. The molecule has 0 saturated heterocycles. The van der Waals surface area contributed by atoms with E-state index in [9.17, 15) is 14.3 Å². The monoisotopic (exact) mass is 521 g/mol. The van der Waals surface area contributed by atoms with Crippen LogP contribution in [-0.4, -0.2) is 36.1 Å². The Kier molecular flexibility index (Phi) is 8.72. The Morgan fingerprint density at radius 1 is 1.05 bits per heavy atom. The van der Waals surface area contributed by atoms with Crippen LogP contribution < -0.4 is 9.47 Å². The lowest BCUT2D eigenvalue weighted by atomic mass is 10.1. The Balaban J connectivity index is 1.51. The third kappa shape index (κ3) is 6.84. The van der Waals surface area contributed by atoms with E-state index in [4.69, 9.17) is 25.8 Å². The Bertz CT molecular complexity index is 1420. The van der Waals surface area contributed by atoms with Crippen molar-refractivity contribution in [2.75, 3.05) is 20.1 Å². The van der Waals surface area contributed by atoms with Gasteiger partial charge in [-0.2, -0.15) is 0 Å². The molecule has 0 saturated carbocycles. The third-order valence-corrected chi connectivity index (χ3v) is 5.80. The number of halogens is 2. The Hall–Kier alpha value is -3.94. The molecule has 8 heteroatoms. The van der Waals surface area contributed by atoms with E-state index in [0.717, 1.165) is 27.7 Å². The largest absolute Gasteiger partial charge is 0.490 e. The van der Waals surface area contributed by atoms with E-state index < -0.39 is 18.9 Å². The molecule has 1 aromatic heterocycles. The number of hydrogen-bond acceptors (Lipinski definition) is 5. The van der Waals surface area contributed by atoms with Gasteiger partial charge in [0, 0.05) is 17.0 Å². The fourth-order valence-corrected chi connectivity index (χ4v) is 3.97. The van der Waals surface area contributed by atoms with E-state index in [1.165, 1.54) is 18.2 Å². The van der Waals surface area contributed by atoms with Crippen LogP contribution in [0.4, 0.5) is 4.39 Å². The summed E-state index contributed by atoms with van der Waals surface area (Å²) < 4.78 is 28.9. The van der Waals surface area contributed by atoms with Crippen molar-refractivity contribution < 1.29 is 28.5 Å². The first-order chi connectivity index (χ1) is 18.0. The molecule has 4 aromatic rings. The van der Waals surface area contributed by atoms with Crippen LogP contribution in [0.1, 0.15) is 40.2 Å². The quantitative estimate of drug-likeness (QED) is 0.224. The molecule has 0 radical (unpaired) electrons. The summed E-state index contributed by atoms with van der Waals surface area (Å²) in [6, 6.07) is 21.5. The van der Waals surface area contributed by atoms with Crippen molar-refractivity contribution in [1.82, 2.24) is 4.98 Å². The van der Waals surface area contributed by atoms with Crippen LogP contribution in [0, 0.1) is 0 Å². The standard InChI is InChI=1S/C29H25ClFNO5/c1-2-35-28(17-36-27-13-12-24(37-18-31)16-25(27)29(33)34)21-5-3-4-19(14-21)6-10-23-11-8-20-7-9-22(30)15-26(20)32-23/h3-16,28H,2,17-18H2,1H3,(H,33,34)/b10-6+/t28-/m0/s1. The SMILES string of the molecule is CCO[C@@H](COc1ccc(OCF)cc1C(=O)O)c1cccc(/C=C/c2ccc3ccc(Cl)cc3n2)c1. The van der Waals surface area contributed by atoms with Gasteiger partial charge >= 0.3 is 5.97 Å². The highest BCUT2D eigenvalue weighted by atomic mass is 35.5. The second-order valence-electron chi connectivity index (χ2n) is 8.05. The maximum absolute atomic E-state index is 12.5. The third-order valence-electron chi connectivity index (χ3n) is 5.57. The van der Waals surface area contributed by atoms with E-state index in [1.54, 1.807) is 0 Å². The van der Waals surface area contributed by atoms with Crippen molar-refractivity contribution >= 4 is 40.6 Å². The number of rotatable bonds is 11. The van der Waals surface area contributed by atoms with E-state index in [2.05, 4.69) is 4.98 Å². The highest BCUT2D eigenvalue weighted by Gasteiger charge is 2.17. The van der Waals surface area contributed by atoms with Crippen molar-refractivity contribution in [2.24, 2.45) is 0 Å². The molecule has 0 unspecified atom stereocenters. The van der Waals surface area contributed by atoms with Crippen LogP contribution in [0.3, 0.4) is 0 Å². The van der Waals surface area contributed by atoms with Gasteiger partial charge in [-0.25, -0.2) is 14.2 Å². The van der Waals surface area contributed by atoms with Crippen LogP contribution >= 0.6 is 11.6 Å². The number of fused-ring (bicyclic) bond motifs is 1. The van der Waals surface area contributed by atoms with Crippen molar-refractivity contribution in [3.05, 3.63) is 100 Å². The molecular weight excluding hydrogens is 497 g/mol. The molecule has 6 nitrogen and oxygen atoms in total. The van der Waals surface area contributed by atoms with Crippen LogP contribution in [-0.2, 0) is 4.74 Å². The number of aromatic nitrogens is 1. The van der Waals surface area contributed by atoms with Gasteiger partial charge in [0.15, 0.2) is 0 Å². The Morgan fingerprint density at radius 2 is 1.89 bits per heavy atom. The fourth-order valence-electron chi connectivity index (χ4n) is 3.81. The summed E-state index contributed by atoms with van der Waals surface area (Å²) >= 11 is 6.10. The molecule has 4 rings (SSSR count). The number of hydrogen-bond donors (Lipinski definition) is 1. The van der Waals surface area contributed by atoms with Gasteiger partial charge < -0.3 is 19.3 Å². The zero-order chi connectivity index (χ0) is 26.2. The predicted octanol–water partition coefficient (Wildman–Crippen LogP) is 7.22. The number of pyridine rings is 1. The molecule has 37 heavy (non-hydrogen) atoms. The lowest BCUT2D eigenvalue weighted by Gasteiger charge is -2.19. The van der Waals surface area contributed by atoms with E-state index in [-0.39, 0.29) is 23.7 Å². The normalized spacial score (nSPS) is 12.1. The van der Waals surface area contributed by atoms with Gasteiger partial charge in [-0.3, -0.25) is 0 Å². The van der Waals surface area contributed by atoms with Gasteiger partial charge in [0.2, 0.25) is 6.86 Å². The summed E-state index contributed by atoms with van der Waals surface area (Å²) in [5.74, 6) is -0.956. The lowest BCUT2D eigenvalue weighted by molar-refractivity contribution is 0.0259. The number of carbonyl (C=O) groups is 1. The zero-order valence-corrected chi connectivity index (χ0v) is 20.8. The predicted molar refractivity (Wildman–Crippen MR) is 142 cm³/mol. The molecular formula is C29H25ClFNO5. The number of aromatic carboxylic acids is 1. The average Bonchev–Trinajstić information content (AvgIpc) is 2.90. The van der Waals surface area contributed by atoms with Gasteiger partial charge in [0.05, 0.1) is 11.2 Å². The summed E-state index contributed by atoms with van der Waals surface area (Å²) in [7, 11) is 0. The van der Waals surface area contributed by atoms with Gasteiger partial charge in [-0.15, -0.1) is 0 Å². The summed E-state index contributed by atoms with van der Waals surface area (Å²) in [4.78, 5) is 16.3. The van der Waals surface area contributed by atoms with Crippen molar-refractivity contribution in [2.45, 2.75) is 13.0 Å². The van der Waals surface area contributed by atoms with Crippen LogP contribution in [0.5, 0.6) is 11.5 Å². The minimum absolute atomic E-state index is 0.0809. The van der Waals surface area contributed by atoms with Gasteiger partial charge in [0.1, 0.15) is 29.8 Å². The lowest BCUT2D eigenvalue weighted by Crippen LogP contribution is -2.15. The molecule has 0 aliphatic heterocycles. The highest BCUT2D eigenvalue weighted by Crippen LogP contribution is 2.27. The number of benzene rings is 3. The molecule has 0 aliphatic rings. The van der Waals surface area contributed by atoms with Crippen molar-refractivity contribution in [3.8, 4) is 11.5 Å². The van der Waals surface area contributed by atoms with E-state index in [0.29, 0.717) is 11.6 Å². The van der Waals surface area contributed by atoms with Crippen LogP contribution in [0.2, 0.25) is 5.02 Å². The smallest absolute Gasteiger partial charge is 0.339 e. The number of ether oxygens (including phenoxy) is 3. The average molecular weight is 522 g/mol. The van der Waals surface area contributed by atoms with Crippen LogP contribution in [0.25, 0.3) is 23.1 Å². The molecule has 1 heterocycles. The first-order valence-electron chi connectivity index (χ1n) is 11.6. The summed E-state index contributed by atoms with van der Waals surface area (Å²) in [6.07, 6.45) is 3.44. The molecule has 190 valence electrons. The maximum Gasteiger partial charge on any atom is 0.339 e. The minimum atomic E-state index is -1.20. The number of carboxylic acid groups (broad SMARTS) is 1. The second-order valence-corrected chi connectivity index (χ2v) is 8.48.